The third-order valence-corrected chi connectivity index (χ3v) is 4.36. The molecule has 5 N–H and O–H groups in total. The second-order valence-electron chi connectivity index (χ2n) is 5.71. The normalized spacial score (nSPS) is 20.5. The van der Waals surface area contributed by atoms with Gasteiger partial charge in [-0.3, -0.25) is 9.89 Å². The fourth-order valence-corrected chi connectivity index (χ4v) is 2.94. The second-order valence-corrected chi connectivity index (χ2v) is 5.71. The van der Waals surface area contributed by atoms with Gasteiger partial charge < -0.3 is 16.3 Å². The zero-order valence-corrected chi connectivity index (χ0v) is 12.3. The maximum atomic E-state index is 12.8. The van der Waals surface area contributed by atoms with Crippen LogP contribution in [-0.4, -0.2) is 27.1 Å². The number of hydrogen-bond acceptors (Lipinski definition) is 4. The van der Waals surface area contributed by atoms with Crippen molar-refractivity contribution < 1.29 is 10.0 Å². The molecule has 0 radical (unpaired) electrons. The van der Waals surface area contributed by atoms with Crippen LogP contribution < -0.4 is 11.1 Å². The Morgan fingerprint density at radius 2 is 2.14 bits per heavy atom. The predicted molar refractivity (Wildman–Crippen MR) is 78.7 cm³/mol. The summed E-state index contributed by atoms with van der Waals surface area (Å²) in [5.74, 6) is -0.158. The summed E-state index contributed by atoms with van der Waals surface area (Å²) in [6.45, 7) is 1.89. The predicted octanol–water partition coefficient (Wildman–Crippen LogP) is 1.67. The summed E-state index contributed by atoms with van der Waals surface area (Å²) in [5, 5.41) is 21.8. The summed E-state index contributed by atoms with van der Waals surface area (Å²) in [6.07, 6.45) is 8.62. The third-order valence-electron chi connectivity index (χ3n) is 4.36. The van der Waals surface area contributed by atoms with Gasteiger partial charge in [0.2, 0.25) is 5.91 Å². The van der Waals surface area contributed by atoms with Crippen molar-refractivity contribution in [3.63, 3.8) is 0 Å². The van der Waals surface area contributed by atoms with Gasteiger partial charge in [-0.25, -0.2) is 0 Å². The first kappa shape index (κ1) is 15.3. The Bertz CT molecular complexity index is 489. The van der Waals surface area contributed by atoms with Crippen LogP contribution in [0, 0.1) is 5.41 Å². The highest BCUT2D eigenvalue weighted by molar-refractivity contribution is 6.06. The van der Waals surface area contributed by atoms with E-state index in [1.807, 2.05) is 6.92 Å². The van der Waals surface area contributed by atoms with Crippen LogP contribution in [0.4, 0.5) is 0 Å². The first-order chi connectivity index (χ1) is 10.1. The Balaban J connectivity index is 2.18. The van der Waals surface area contributed by atoms with E-state index in [1.54, 1.807) is 12.4 Å². The summed E-state index contributed by atoms with van der Waals surface area (Å²) >= 11 is 0. The number of oxime groups is 1. The van der Waals surface area contributed by atoms with Crippen molar-refractivity contribution in [3.8, 4) is 0 Å². The lowest BCUT2D eigenvalue weighted by Crippen LogP contribution is -2.50. The minimum absolute atomic E-state index is 0.0151. The Morgan fingerprint density at radius 3 is 2.67 bits per heavy atom. The molecule has 1 aliphatic carbocycles. The smallest absolute Gasteiger partial charge is 0.234 e. The molecule has 1 heterocycles. The minimum atomic E-state index is -0.900. The maximum absolute atomic E-state index is 12.8. The van der Waals surface area contributed by atoms with Gasteiger partial charge in [0.25, 0.3) is 0 Å². The monoisotopic (exact) mass is 293 g/mol. The van der Waals surface area contributed by atoms with Crippen molar-refractivity contribution >= 4 is 11.7 Å². The number of carbonyl (C=O) groups is 1. The number of hydrogen-bond donors (Lipinski definition) is 4. The highest BCUT2D eigenvalue weighted by Gasteiger charge is 2.43. The summed E-state index contributed by atoms with van der Waals surface area (Å²) < 4.78 is 0. The van der Waals surface area contributed by atoms with Crippen LogP contribution in [0.15, 0.2) is 17.5 Å². The van der Waals surface area contributed by atoms with Crippen LogP contribution in [0.5, 0.6) is 0 Å². The number of nitrogens with one attached hydrogen (secondary N) is 2. The molecule has 2 rings (SSSR count). The van der Waals surface area contributed by atoms with Gasteiger partial charge in [0, 0.05) is 11.8 Å². The molecule has 1 aliphatic rings. The highest BCUT2D eigenvalue weighted by Crippen LogP contribution is 2.36. The molecule has 1 atom stereocenters. The molecule has 0 bridgehead atoms. The van der Waals surface area contributed by atoms with Crippen LogP contribution >= 0.6 is 0 Å². The van der Waals surface area contributed by atoms with Gasteiger partial charge in [0.05, 0.1) is 12.2 Å². The third kappa shape index (κ3) is 3.17. The quantitative estimate of drug-likeness (QED) is 0.222. The summed E-state index contributed by atoms with van der Waals surface area (Å²) in [6, 6.07) is -0.178. The van der Waals surface area contributed by atoms with Crippen molar-refractivity contribution in [2.24, 2.45) is 16.3 Å². The average Bonchev–Trinajstić information content (AvgIpc) is 2.91. The molecule has 7 nitrogen and oxygen atoms in total. The first-order valence-corrected chi connectivity index (χ1v) is 7.38. The van der Waals surface area contributed by atoms with Gasteiger partial charge in [-0.1, -0.05) is 30.8 Å². The lowest BCUT2D eigenvalue weighted by Gasteiger charge is -2.31. The first-order valence-electron chi connectivity index (χ1n) is 7.38. The molecular weight excluding hydrogens is 270 g/mol. The molecule has 1 aromatic rings. The number of aromatic nitrogens is 2. The summed E-state index contributed by atoms with van der Waals surface area (Å²) in [4.78, 5) is 12.8. The SMILES string of the molecule is CC(NC(=O)C1(C(N)=NO)CCCCCC1)c1cn[nH]c1. The molecule has 1 fully saturated rings. The summed E-state index contributed by atoms with van der Waals surface area (Å²) in [7, 11) is 0. The lowest BCUT2D eigenvalue weighted by molar-refractivity contribution is -0.129. The van der Waals surface area contributed by atoms with E-state index in [0.717, 1.165) is 31.2 Å². The van der Waals surface area contributed by atoms with E-state index in [9.17, 15) is 4.79 Å². The number of nitrogens with two attached hydrogens (primary N) is 1. The van der Waals surface area contributed by atoms with E-state index >= 15 is 0 Å². The number of H-pyrrole nitrogens is 1. The van der Waals surface area contributed by atoms with Crippen LogP contribution in [0.3, 0.4) is 0 Å². The maximum Gasteiger partial charge on any atom is 0.234 e. The molecule has 0 aromatic carbocycles. The van der Waals surface area contributed by atoms with Crippen molar-refractivity contribution in [2.75, 3.05) is 0 Å². The fourth-order valence-electron chi connectivity index (χ4n) is 2.94. The van der Waals surface area contributed by atoms with Gasteiger partial charge >= 0.3 is 0 Å². The Hall–Kier alpha value is -2.05. The van der Waals surface area contributed by atoms with Crippen LogP contribution in [0.2, 0.25) is 0 Å². The number of nitrogens with zero attached hydrogens (tertiary/aromatic N) is 2. The number of aromatic amines is 1. The molecule has 7 heteroatoms. The largest absolute Gasteiger partial charge is 0.409 e. The zero-order valence-electron chi connectivity index (χ0n) is 12.3. The van der Waals surface area contributed by atoms with Crippen LogP contribution in [0.1, 0.15) is 57.1 Å². The minimum Gasteiger partial charge on any atom is -0.409 e. The molecule has 0 spiro atoms. The van der Waals surface area contributed by atoms with E-state index in [0.29, 0.717) is 12.8 Å². The van der Waals surface area contributed by atoms with Gasteiger partial charge in [0.1, 0.15) is 5.41 Å². The van der Waals surface area contributed by atoms with E-state index < -0.39 is 5.41 Å². The number of amides is 1. The molecule has 1 aromatic heterocycles. The second kappa shape index (κ2) is 6.60. The fraction of sp³-hybridized carbons (Fsp3) is 0.643. The molecular formula is C14H23N5O2. The number of amidine groups is 1. The molecule has 0 saturated heterocycles. The average molecular weight is 293 g/mol. The molecule has 1 amide bonds. The standard InChI is InChI=1S/C14H23N5O2/c1-10(11-8-16-17-9-11)18-13(20)14(12(15)19-21)6-4-2-3-5-7-14/h8-10,21H,2-7H2,1H3,(H2,15,19)(H,16,17)(H,18,20). The van der Waals surface area contributed by atoms with Crippen molar-refractivity contribution in [1.82, 2.24) is 15.5 Å². The number of carbonyl (C=O) groups excluding carboxylic acids is 1. The lowest BCUT2D eigenvalue weighted by atomic mass is 9.78. The molecule has 0 aliphatic heterocycles. The molecule has 1 saturated carbocycles. The van der Waals surface area contributed by atoms with Gasteiger partial charge in [0.15, 0.2) is 5.84 Å². The van der Waals surface area contributed by atoms with Gasteiger partial charge in [-0.15, -0.1) is 0 Å². The van der Waals surface area contributed by atoms with Gasteiger partial charge in [-0.2, -0.15) is 5.10 Å². The Morgan fingerprint density at radius 1 is 1.48 bits per heavy atom. The zero-order chi connectivity index (χ0) is 15.3. The molecule has 21 heavy (non-hydrogen) atoms. The molecule has 1 unspecified atom stereocenters. The summed E-state index contributed by atoms with van der Waals surface area (Å²) in [5.41, 5.74) is 5.86. The van der Waals surface area contributed by atoms with E-state index in [4.69, 9.17) is 10.9 Å². The van der Waals surface area contributed by atoms with E-state index in [2.05, 4.69) is 20.7 Å². The van der Waals surface area contributed by atoms with Crippen molar-refractivity contribution in [3.05, 3.63) is 18.0 Å². The highest BCUT2D eigenvalue weighted by atomic mass is 16.4. The Labute approximate surface area is 124 Å². The van der Waals surface area contributed by atoms with Crippen molar-refractivity contribution in [1.29, 1.82) is 0 Å². The Kier molecular flexibility index (Phi) is 4.82. The molecule has 116 valence electrons. The topological polar surface area (TPSA) is 116 Å². The van der Waals surface area contributed by atoms with Crippen LogP contribution in [0.25, 0.3) is 0 Å². The van der Waals surface area contributed by atoms with E-state index in [-0.39, 0.29) is 17.8 Å². The van der Waals surface area contributed by atoms with E-state index in [1.165, 1.54) is 0 Å². The van der Waals surface area contributed by atoms with Crippen LogP contribution in [-0.2, 0) is 4.79 Å². The number of rotatable bonds is 4. The van der Waals surface area contributed by atoms with Crippen molar-refractivity contribution in [2.45, 2.75) is 51.5 Å². The van der Waals surface area contributed by atoms with Gasteiger partial charge in [-0.05, 0) is 19.8 Å².